The number of benzene rings is 1. The first kappa shape index (κ1) is 8.74. The Morgan fingerprint density at radius 2 is 2.25 bits per heavy atom. The molecule has 1 saturated heterocycles. The van der Waals surface area contributed by atoms with Gasteiger partial charge in [-0.2, -0.15) is 0 Å². The van der Waals surface area contributed by atoms with Crippen molar-refractivity contribution in [3.8, 4) is 0 Å². The van der Waals surface area contributed by atoms with Crippen LogP contribution in [0.3, 0.4) is 0 Å². The molecule has 1 amide bonds. The van der Waals surface area contributed by atoms with E-state index in [0.717, 1.165) is 12.1 Å². The minimum atomic E-state index is -0.241. The summed E-state index contributed by atoms with van der Waals surface area (Å²) in [4.78, 5) is 13.8. The average molecular weight is 217 g/mol. The Hall–Kier alpha value is -1.38. The van der Waals surface area contributed by atoms with Crippen molar-refractivity contribution in [2.75, 3.05) is 4.90 Å². The van der Waals surface area contributed by atoms with Crippen LogP contribution in [0.5, 0.6) is 0 Å². The molecule has 4 rings (SSSR count). The van der Waals surface area contributed by atoms with Gasteiger partial charge in [-0.1, -0.05) is 6.07 Å². The van der Waals surface area contributed by atoms with Crippen molar-refractivity contribution in [3.63, 3.8) is 0 Å². The Kier molecular flexibility index (Phi) is 1.45. The van der Waals surface area contributed by atoms with Gasteiger partial charge in [0.15, 0.2) is 0 Å². The molecule has 82 valence electrons. The molecule has 16 heavy (non-hydrogen) atoms. The number of nitrogens with zero attached hydrogens (tertiary/aromatic N) is 1. The average Bonchev–Trinajstić information content (AvgIpc) is 2.51. The molecule has 0 radical (unpaired) electrons. The zero-order chi connectivity index (χ0) is 10.9. The third kappa shape index (κ3) is 0.856. The molecular weight excluding hydrogens is 205 g/mol. The first-order valence-electron chi connectivity index (χ1n) is 5.87. The summed E-state index contributed by atoms with van der Waals surface area (Å²) < 4.78 is 13.3. The number of rotatable bonds is 0. The molecule has 0 spiro atoms. The Bertz CT molecular complexity index is 499. The maximum Gasteiger partial charge on any atom is 0.227 e. The molecule has 1 aromatic rings. The summed E-state index contributed by atoms with van der Waals surface area (Å²) >= 11 is 0. The van der Waals surface area contributed by atoms with Gasteiger partial charge in [0.25, 0.3) is 0 Å². The van der Waals surface area contributed by atoms with Gasteiger partial charge >= 0.3 is 0 Å². The Morgan fingerprint density at radius 3 is 3.12 bits per heavy atom. The number of anilines is 1. The lowest BCUT2D eigenvalue weighted by Crippen LogP contribution is -2.54. The predicted octanol–water partition coefficient (Wildman–Crippen LogP) is 2.44. The molecule has 2 aliphatic heterocycles. The highest BCUT2D eigenvalue weighted by molar-refractivity contribution is 5.98. The Labute approximate surface area is 93.1 Å². The standard InChI is InChI=1S/C13H12FNO/c14-8-2-3-9-10-5-7-1-4-12(16)15(13(7)10)11(9)6-8/h2-3,6-7,10,13H,1,4-5H2/t7-,10-,13-/m0/s1. The first-order chi connectivity index (χ1) is 7.75. The van der Waals surface area contributed by atoms with Crippen molar-refractivity contribution in [2.45, 2.75) is 31.2 Å². The van der Waals surface area contributed by atoms with E-state index in [1.807, 2.05) is 11.0 Å². The highest BCUT2D eigenvalue weighted by Gasteiger charge is 2.55. The smallest absolute Gasteiger partial charge is 0.227 e. The normalized spacial score (nSPS) is 34.4. The zero-order valence-electron chi connectivity index (χ0n) is 8.82. The quantitative estimate of drug-likeness (QED) is 0.653. The molecule has 0 N–H and O–H groups in total. The summed E-state index contributed by atoms with van der Waals surface area (Å²) in [6.45, 7) is 0. The van der Waals surface area contributed by atoms with Crippen LogP contribution in [0.4, 0.5) is 10.1 Å². The van der Waals surface area contributed by atoms with Crippen molar-refractivity contribution in [1.82, 2.24) is 0 Å². The highest BCUT2D eigenvalue weighted by Crippen LogP contribution is 2.57. The van der Waals surface area contributed by atoms with Crippen LogP contribution in [0, 0.1) is 11.7 Å². The highest BCUT2D eigenvalue weighted by atomic mass is 19.1. The second-order valence-corrected chi connectivity index (χ2v) is 5.10. The summed E-state index contributed by atoms with van der Waals surface area (Å²) in [5.74, 6) is 1.06. The molecule has 3 aliphatic rings. The van der Waals surface area contributed by atoms with E-state index < -0.39 is 0 Å². The molecule has 2 nitrogen and oxygen atoms in total. The van der Waals surface area contributed by atoms with Gasteiger partial charge in [0, 0.05) is 18.4 Å². The summed E-state index contributed by atoms with van der Waals surface area (Å²) in [7, 11) is 0. The van der Waals surface area contributed by atoms with Crippen LogP contribution in [0.2, 0.25) is 0 Å². The van der Waals surface area contributed by atoms with Crippen molar-refractivity contribution >= 4 is 11.6 Å². The van der Waals surface area contributed by atoms with Gasteiger partial charge in [0.05, 0.1) is 5.69 Å². The van der Waals surface area contributed by atoms with Gasteiger partial charge in [0.1, 0.15) is 5.82 Å². The molecule has 1 saturated carbocycles. The fourth-order valence-electron chi connectivity index (χ4n) is 3.66. The number of hydrogen-bond acceptors (Lipinski definition) is 1. The van der Waals surface area contributed by atoms with Gasteiger partial charge in [0.2, 0.25) is 5.91 Å². The van der Waals surface area contributed by atoms with Crippen LogP contribution in [0.15, 0.2) is 18.2 Å². The molecule has 0 bridgehead atoms. The number of halogens is 1. The number of piperidine rings is 1. The van der Waals surface area contributed by atoms with Gasteiger partial charge in [-0.25, -0.2) is 4.39 Å². The van der Waals surface area contributed by atoms with E-state index in [1.54, 1.807) is 0 Å². The van der Waals surface area contributed by atoms with E-state index in [4.69, 9.17) is 0 Å². The van der Waals surface area contributed by atoms with Crippen LogP contribution in [0.1, 0.15) is 30.7 Å². The fourth-order valence-corrected chi connectivity index (χ4v) is 3.66. The maximum absolute atomic E-state index is 13.3. The number of fused-ring (bicyclic) bond motifs is 3. The van der Waals surface area contributed by atoms with E-state index in [9.17, 15) is 9.18 Å². The van der Waals surface area contributed by atoms with E-state index in [-0.39, 0.29) is 11.7 Å². The monoisotopic (exact) mass is 217 g/mol. The number of carbonyl (C=O) groups excluding carboxylic acids is 1. The predicted molar refractivity (Wildman–Crippen MR) is 57.8 cm³/mol. The van der Waals surface area contributed by atoms with Crippen molar-refractivity contribution in [2.24, 2.45) is 5.92 Å². The van der Waals surface area contributed by atoms with E-state index in [0.29, 0.717) is 24.3 Å². The van der Waals surface area contributed by atoms with Gasteiger partial charge in [-0.05, 0) is 36.5 Å². The Balaban J connectivity index is 1.91. The molecule has 1 aliphatic carbocycles. The molecule has 3 atom stereocenters. The van der Waals surface area contributed by atoms with Gasteiger partial charge < -0.3 is 4.90 Å². The second-order valence-electron chi connectivity index (χ2n) is 5.10. The lowest BCUT2D eigenvalue weighted by molar-refractivity contribution is -0.122. The number of hydrogen-bond donors (Lipinski definition) is 0. The molecular formula is C13H12FNO. The summed E-state index contributed by atoms with van der Waals surface area (Å²) in [6, 6.07) is 5.23. The maximum atomic E-state index is 13.3. The molecule has 3 heteroatoms. The topological polar surface area (TPSA) is 20.3 Å². The first-order valence-corrected chi connectivity index (χ1v) is 5.87. The summed E-state index contributed by atoms with van der Waals surface area (Å²) in [5, 5.41) is 0. The van der Waals surface area contributed by atoms with Crippen LogP contribution in [-0.2, 0) is 4.79 Å². The summed E-state index contributed by atoms with van der Waals surface area (Å²) in [6.07, 6.45) is 2.82. The third-order valence-electron chi connectivity index (χ3n) is 4.40. The van der Waals surface area contributed by atoms with Gasteiger partial charge in [-0.15, -0.1) is 0 Å². The Morgan fingerprint density at radius 1 is 1.38 bits per heavy atom. The molecule has 1 aromatic carbocycles. The van der Waals surface area contributed by atoms with Crippen molar-refractivity contribution in [1.29, 1.82) is 0 Å². The number of amides is 1. The lowest BCUT2D eigenvalue weighted by atomic mass is 9.65. The van der Waals surface area contributed by atoms with E-state index >= 15 is 0 Å². The van der Waals surface area contributed by atoms with E-state index in [1.165, 1.54) is 24.1 Å². The molecule has 2 heterocycles. The SMILES string of the molecule is O=C1CC[C@H]2C[C@H]3c4ccc(F)cc4N1[C@@H]23. The third-order valence-corrected chi connectivity index (χ3v) is 4.40. The largest absolute Gasteiger partial charge is 0.308 e. The zero-order valence-corrected chi connectivity index (χ0v) is 8.82. The van der Waals surface area contributed by atoms with Gasteiger partial charge in [-0.3, -0.25) is 4.79 Å². The van der Waals surface area contributed by atoms with Crippen LogP contribution >= 0.6 is 0 Å². The molecule has 0 unspecified atom stereocenters. The molecule has 0 aromatic heterocycles. The minimum Gasteiger partial charge on any atom is -0.308 e. The van der Waals surface area contributed by atoms with Crippen molar-refractivity contribution in [3.05, 3.63) is 29.6 Å². The molecule has 2 fully saturated rings. The van der Waals surface area contributed by atoms with Crippen molar-refractivity contribution < 1.29 is 9.18 Å². The lowest BCUT2D eigenvalue weighted by Gasteiger charge is -2.47. The fraction of sp³-hybridized carbons (Fsp3) is 0.462. The summed E-state index contributed by atoms with van der Waals surface area (Å²) in [5.41, 5.74) is 2.01. The van der Waals surface area contributed by atoms with Crippen LogP contribution in [-0.4, -0.2) is 11.9 Å². The van der Waals surface area contributed by atoms with E-state index in [2.05, 4.69) is 0 Å². The van der Waals surface area contributed by atoms with Crippen LogP contribution in [0.25, 0.3) is 0 Å². The second kappa shape index (κ2) is 2.65. The van der Waals surface area contributed by atoms with Crippen LogP contribution < -0.4 is 4.90 Å². The number of carbonyl (C=O) groups is 1. The minimum absolute atomic E-state index is 0.176.